The van der Waals surface area contributed by atoms with Crippen molar-refractivity contribution in [3.8, 4) is 11.3 Å². The van der Waals surface area contributed by atoms with E-state index >= 15 is 0 Å². The fourth-order valence-electron chi connectivity index (χ4n) is 2.83. The number of anilines is 1. The lowest BCUT2D eigenvalue weighted by Gasteiger charge is -2.05. The lowest BCUT2D eigenvalue weighted by atomic mass is 10.1. The number of hydrogen-bond acceptors (Lipinski definition) is 5. The summed E-state index contributed by atoms with van der Waals surface area (Å²) in [5.74, 6) is -1.24. The number of H-pyrrole nitrogens is 1. The Morgan fingerprint density at radius 3 is 2.76 bits per heavy atom. The molecule has 4 aromatic rings. The van der Waals surface area contributed by atoms with E-state index in [1.807, 2.05) is 0 Å². The predicted octanol–water partition coefficient (Wildman–Crippen LogP) is 3.29. The fraction of sp³-hybridized carbons (Fsp3) is 0.100. The molecule has 0 saturated carbocycles. The number of benzene rings is 1. The van der Waals surface area contributed by atoms with E-state index in [9.17, 15) is 14.0 Å². The number of halogens is 1. The van der Waals surface area contributed by atoms with Gasteiger partial charge in [-0.15, -0.1) is 0 Å². The minimum absolute atomic E-state index is 0.239. The Morgan fingerprint density at radius 1 is 1.21 bits per heavy atom. The van der Waals surface area contributed by atoms with Gasteiger partial charge in [0.1, 0.15) is 17.1 Å². The van der Waals surface area contributed by atoms with Crippen LogP contribution in [0.1, 0.15) is 27.8 Å². The molecule has 2 N–H and O–H groups in total. The first-order valence-corrected chi connectivity index (χ1v) is 8.82. The van der Waals surface area contributed by atoms with Gasteiger partial charge in [-0.2, -0.15) is 10.2 Å². The number of pyridine rings is 1. The Hall–Kier alpha value is -4.01. The predicted molar refractivity (Wildman–Crippen MR) is 103 cm³/mol. The van der Waals surface area contributed by atoms with Crippen LogP contribution in [0.2, 0.25) is 0 Å². The van der Waals surface area contributed by atoms with Crippen LogP contribution in [-0.2, 0) is 4.74 Å². The number of amides is 1. The van der Waals surface area contributed by atoms with Gasteiger partial charge in [-0.1, -0.05) is 0 Å². The van der Waals surface area contributed by atoms with E-state index in [4.69, 9.17) is 4.74 Å². The molecular weight excluding hydrogens is 377 g/mol. The van der Waals surface area contributed by atoms with Crippen LogP contribution in [0.3, 0.4) is 0 Å². The number of aromatic amines is 1. The molecule has 9 heteroatoms. The highest BCUT2D eigenvalue weighted by Crippen LogP contribution is 2.20. The first kappa shape index (κ1) is 18.4. The molecule has 0 aliphatic rings. The van der Waals surface area contributed by atoms with Gasteiger partial charge in [0.2, 0.25) is 0 Å². The maximum absolute atomic E-state index is 13.1. The molecule has 29 heavy (non-hydrogen) atoms. The van der Waals surface area contributed by atoms with E-state index in [0.717, 1.165) is 0 Å². The number of carbonyl (C=O) groups is 2. The summed E-state index contributed by atoms with van der Waals surface area (Å²) in [6, 6.07) is 10.7. The molecule has 0 fully saturated rings. The van der Waals surface area contributed by atoms with E-state index in [-0.39, 0.29) is 18.1 Å². The second-order valence-electron chi connectivity index (χ2n) is 6.15. The van der Waals surface area contributed by atoms with Gasteiger partial charge in [0.15, 0.2) is 0 Å². The first-order valence-electron chi connectivity index (χ1n) is 8.82. The SMILES string of the molecule is CCOC(=O)c1cnn2ccc(NC(=O)c3cc(-c4ccc(F)cc4)n[nH]3)cc12. The van der Waals surface area contributed by atoms with Crippen molar-refractivity contribution in [2.75, 3.05) is 11.9 Å². The molecule has 0 bridgehead atoms. The summed E-state index contributed by atoms with van der Waals surface area (Å²) in [5, 5.41) is 13.6. The van der Waals surface area contributed by atoms with Gasteiger partial charge < -0.3 is 10.1 Å². The van der Waals surface area contributed by atoms with Gasteiger partial charge in [0.05, 0.1) is 24.0 Å². The van der Waals surface area contributed by atoms with Crippen LogP contribution in [0.4, 0.5) is 10.1 Å². The molecule has 146 valence electrons. The van der Waals surface area contributed by atoms with Crippen molar-refractivity contribution in [3.63, 3.8) is 0 Å². The molecule has 0 aliphatic heterocycles. The van der Waals surface area contributed by atoms with E-state index in [1.165, 1.54) is 22.8 Å². The molecule has 0 radical (unpaired) electrons. The summed E-state index contributed by atoms with van der Waals surface area (Å²) < 4.78 is 19.6. The van der Waals surface area contributed by atoms with Gasteiger partial charge in [0.25, 0.3) is 5.91 Å². The standard InChI is InChI=1S/C20H16FN5O3/c1-2-29-20(28)15-11-22-26-8-7-14(9-18(15)26)23-19(27)17-10-16(24-25-17)12-3-5-13(21)6-4-12/h3-11H,2H2,1H3,(H,23,27)(H,24,25). The van der Waals surface area contributed by atoms with E-state index in [0.29, 0.717) is 28.0 Å². The minimum Gasteiger partial charge on any atom is -0.462 e. The average Bonchev–Trinajstić information content (AvgIpc) is 3.36. The van der Waals surface area contributed by atoms with Crippen LogP contribution < -0.4 is 5.32 Å². The van der Waals surface area contributed by atoms with Crippen LogP contribution in [0, 0.1) is 5.82 Å². The quantitative estimate of drug-likeness (QED) is 0.507. The number of fused-ring (bicyclic) bond motifs is 1. The van der Waals surface area contributed by atoms with Gasteiger partial charge in [-0.25, -0.2) is 13.7 Å². The van der Waals surface area contributed by atoms with Gasteiger partial charge in [0, 0.05) is 17.4 Å². The van der Waals surface area contributed by atoms with Gasteiger partial charge >= 0.3 is 5.97 Å². The number of hydrogen-bond donors (Lipinski definition) is 2. The van der Waals surface area contributed by atoms with Crippen molar-refractivity contribution in [1.29, 1.82) is 0 Å². The normalized spacial score (nSPS) is 10.8. The molecule has 8 nitrogen and oxygen atoms in total. The van der Waals surface area contributed by atoms with Crippen molar-refractivity contribution < 1.29 is 18.7 Å². The Bertz CT molecular complexity index is 1200. The lowest BCUT2D eigenvalue weighted by molar-refractivity contribution is 0.0528. The maximum Gasteiger partial charge on any atom is 0.341 e. The van der Waals surface area contributed by atoms with Crippen LogP contribution >= 0.6 is 0 Å². The van der Waals surface area contributed by atoms with Crippen LogP contribution in [0.5, 0.6) is 0 Å². The van der Waals surface area contributed by atoms with Crippen molar-refractivity contribution in [1.82, 2.24) is 19.8 Å². The van der Waals surface area contributed by atoms with Crippen molar-refractivity contribution in [3.05, 3.63) is 71.9 Å². The van der Waals surface area contributed by atoms with Crippen LogP contribution in [-0.4, -0.2) is 38.3 Å². The third kappa shape index (κ3) is 3.70. The zero-order chi connectivity index (χ0) is 20.4. The second kappa shape index (κ2) is 7.55. The zero-order valence-corrected chi connectivity index (χ0v) is 15.3. The first-order chi connectivity index (χ1) is 14.0. The molecule has 0 unspecified atom stereocenters. The summed E-state index contributed by atoms with van der Waals surface area (Å²) in [5.41, 5.74) is 2.74. The molecule has 1 aromatic carbocycles. The monoisotopic (exact) mass is 393 g/mol. The molecule has 3 aromatic heterocycles. The highest BCUT2D eigenvalue weighted by Gasteiger charge is 2.16. The molecular formula is C20H16FN5O3. The topological polar surface area (TPSA) is 101 Å². The molecule has 0 saturated heterocycles. The largest absolute Gasteiger partial charge is 0.462 e. The summed E-state index contributed by atoms with van der Waals surface area (Å²) in [6.45, 7) is 1.97. The Kier molecular flexibility index (Phi) is 4.78. The highest BCUT2D eigenvalue weighted by molar-refractivity contribution is 6.04. The molecule has 0 aliphatic carbocycles. The van der Waals surface area contributed by atoms with Gasteiger partial charge in [-0.3, -0.25) is 9.89 Å². The maximum atomic E-state index is 13.1. The number of carbonyl (C=O) groups excluding carboxylic acids is 2. The van der Waals surface area contributed by atoms with Crippen molar-refractivity contribution >= 4 is 23.1 Å². The Morgan fingerprint density at radius 2 is 2.00 bits per heavy atom. The highest BCUT2D eigenvalue weighted by atomic mass is 19.1. The third-order valence-corrected chi connectivity index (χ3v) is 4.24. The summed E-state index contributed by atoms with van der Waals surface area (Å²) in [6.07, 6.45) is 3.05. The second-order valence-corrected chi connectivity index (χ2v) is 6.15. The number of ether oxygens (including phenoxy) is 1. The number of nitrogens with zero attached hydrogens (tertiary/aromatic N) is 3. The summed E-state index contributed by atoms with van der Waals surface area (Å²) in [4.78, 5) is 24.6. The average molecular weight is 393 g/mol. The van der Waals surface area contributed by atoms with Crippen molar-refractivity contribution in [2.45, 2.75) is 6.92 Å². The summed E-state index contributed by atoms with van der Waals surface area (Å²) in [7, 11) is 0. The Labute approximate surface area is 164 Å². The fourth-order valence-corrected chi connectivity index (χ4v) is 2.83. The van der Waals surface area contributed by atoms with Crippen molar-refractivity contribution in [2.24, 2.45) is 0 Å². The summed E-state index contributed by atoms with van der Waals surface area (Å²) >= 11 is 0. The van der Waals surface area contributed by atoms with Crippen LogP contribution in [0.15, 0.2) is 54.9 Å². The zero-order valence-electron chi connectivity index (χ0n) is 15.3. The number of rotatable bonds is 5. The molecule has 1 amide bonds. The van der Waals surface area contributed by atoms with E-state index in [2.05, 4.69) is 20.6 Å². The van der Waals surface area contributed by atoms with E-state index < -0.39 is 11.9 Å². The smallest absolute Gasteiger partial charge is 0.341 e. The third-order valence-electron chi connectivity index (χ3n) is 4.24. The van der Waals surface area contributed by atoms with Crippen LogP contribution in [0.25, 0.3) is 16.8 Å². The lowest BCUT2D eigenvalue weighted by Crippen LogP contribution is -2.12. The van der Waals surface area contributed by atoms with Gasteiger partial charge in [-0.05, 0) is 49.4 Å². The van der Waals surface area contributed by atoms with E-state index in [1.54, 1.807) is 43.5 Å². The number of nitrogens with one attached hydrogen (secondary N) is 2. The minimum atomic E-state index is -0.483. The molecule has 3 heterocycles. The number of esters is 1. The number of aromatic nitrogens is 4. The Balaban J connectivity index is 1.55. The molecule has 0 atom stereocenters. The molecule has 0 spiro atoms. The molecule has 4 rings (SSSR count).